The van der Waals surface area contributed by atoms with Crippen molar-refractivity contribution in [3.8, 4) is 5.75 Å². The number of amides is 1. The molecular weight excluding hydrogens is 400 g/mol. The van der Waals surface area contributed by atoms with E-state index in [4.69, 9.17) is 15.2 Å². The predicted molar refractivity (Wildman–Crippen MR) is 119 cm³/mol. The molecule has 162 valence electrons. The molecule has 0 bridgehead atoms. The van der Waals surface area contributed by atoms with Crippen LogP contribution in [0.3, 0.4) is 0 Å². The molecular formula is C23H30N2O4S. The summed E-state index contributed by atoms with van der Waals surface area (Å²) in [6.07, 6.45) is 5.73. The van der Waals surface area contributed by atoms with Crippen LogP contribution in [0, 0.1) is 0 Å². The van der Waals surface area contributed by atoms with E-state index in [1.54, 1.807) is 24.3 Å². The van der Waals surface area contributed by atoms with Crippen molar-refractivity contribution in [2.24, 2.45) is 5.73 Å². The second kappa shape index (κ2) is 9.62. The highest BCUT2D eigenvalue weighted by Gasteiger charge is 2.46. The normalized spacial score (nSPS) is 17.8. The van der Waals surface area contributed by atoms with Gasteiger partial charge in [-0.1, -0.05) is 19.4 Å². The molecule has 7 heteroatoms. The Morgan fingerprint density at radius 1 is 1.23 bits per heavy atom. The number of nitrogens with zero attached hydrogens (tertiary/aromatic N) is 1. The Hall–Kier alpha value is -2.38. The number of hydrogen-bond acceptors (Lipinski definition) is 5. The summed E-state index contributed by atoms with van der Waals surface area (Å²) in [4.78, 5) is 17.2. The predicted octanol–water partition coefficient (Wildman–Crippen LogP) is 3.11. The number of carbonyl (C=O) groups excluding carboxylic acids is 1. The van der Waals surface area contributed by atoms with E-state index in [0.29, 0.717) is 43.3 Å². The highest BCUT2D eigenvalue weighted by molar-refractivity contribution is 8.02. The molecule has 30 heavy (non-hydrogen) atoms. The Labute approximate surface area is 178 Å². The van der Waals surface area contributed by atoms with Gasteiger partial charge in [0, 0.05) is 45.1 Å². The highest BCUT2D eigenvalue weighted by Crippen LogP contribution is 2.35. The average molecular weight is 431 g/mol. The number of rotatable bonds is 9. The first-order chi connectivity index (χ1) is 14.4. The first-order valence-electron chi connectivity index (χ1n) is 10.3. The van der Waals surface area contributed by atoms with Gasteiger partial charge in [-0.2, -0.15) is 0 Å². The fraction of sp³-hybridized carbons (Fsp3) is 0.435. The zero-order valence-corrected chi connectivity index (χ0v) is 18.3. The minimum Gasteiger partial charge on any atom is -0.489 e. The van der Waals surface area contributed by atoms with Gasteiger partial charge in [0.15, 0.2) is 0 Å². The molecule has 3 rings (SSSR count). The molecule has 2 aromatic rings. The number of unbranched alkanes of at least 4 members (excludes halogenated alkanes) is 1. The molecule has 0 spiro atoms. The van der Waals surface area contributed by atoms with Crippen molar-refractivity contribution in [1.82, 2.24) is 4.98 Å². The molecule has 1 unspecified atom stereocenters. The van der Waals surface area contributed by atoms with Crippen molar-refractivity contribution in [2.75, 3.05) is 13.2 Å². The van der Waals surface area contributed by atoms with Crippen molar-refractivity contribution < 1.29 is 18.5 Å². The molecule has 1 saturated heterocycles. The number of ether oxygens (including phenoxy) is 2. The number of benzene rings is 1. The zero-order valence-electron chi connectivity index (χ0n) is 17.5. The number of carbonyl (C=O) groups is 1. The fourth-order valence-corrected chi connectivity index (χ4v) is 5.81. The third kappa shape index (κ3) is 4.68. The summed E-state index contributed by atoms with van der Waals surface area (Å²) in [5.74, 6) is 3.99. The van der Waals surface area contributed by atoms with Crippen LogP contribution in [0.4, 0.5) is 0 Å². The van der Waals surface area contributed by atoms with Gasteiger partial charge < -0.3 is 15.2 Å². The van der Waals surface area contributed by atoms with Gasteiger partial charge in [0.25, 0.3) is 0 Å². The second-order valence-electron chi connectivity index (χ2n) is 7.67. The Kier molecular flexibility index (Phi) is 7.15. The van der Waals surface area contributed by atoms with Crippen LogP contribution in [0.5, 0.6) is 5.75 Å². The van der Waals surface area contributed by atoms with Crippen LogP contribution in [0.15, 0.2) is 47.5 Å². The molecule has 1 fully saturated rings. The van der Waals surface area contributed by atoms with Gasteiger partial charge in [-0.05, 0) is 61.9 Å². The molecule has 0 radical (unpaired) electrons. The smallest absolute Gasteiger partial charge is 0.236 e. The van der Waals surface area contributed by atoms with Crippen molar-refractivity contribution in [3.05, 3.63) is 53.9 Å². The van der Waals surface area contributed by atoms with Gasteiger partial charge in [-0.15, -0.1) is 0 Å². The van der Waals surface area contributed by atoms with Crippen LogP contribution < -0.4 is 10.5 Å². The highest BCUT2D eigenvalue weighted by atomic mass is 32.2. The van der Waals surface area contributed by atoms with E-state index in [0.717, 1.165) is 30.5 Å². The van der Waals surface area contributed by atoms with Gasteiger partial charge >= 0.3 is 0 Å². The molecule has 1 aromatic carbocycles. The van der Waals surface area contributed by atoms with Crippen molar-refractivity contribution >= 4 is 21.3 Å². The Balaban J connectivity index is 1.67. The Morgan fingerprint density at radius 3 is 2.50 bits per heavy atom. The van der Waals surface area contributed by atoms with Crippen LogP contribution in [-0.2, 0) is 32.1 Å². The molecule has 1 aliphatic heterocycles. The van der Waals surface area contributed by atoms with E-state index < -0.39 is 20.2 Å². The van der Waals surface area contributed by atoms with Crippen molar-refractivity contribution in [2.45, 2.75) is 55.3 Å². The lowest BCUT2D eigenvalue weighted by Gasteiger charge is -2.37. The standard InChI is InChI=1S/C23H30N2O4S/c1-3-4-5-19-7-6-18(16-25-19)17-29-20-8-10-21(11-9-20)30(2,27)23(22(24)26)12-14-28-15-13-23/h6-11,16H,2-5,12-15,17H2,1H3,(H2,24,26). The van der Waals surface area contributed by atoms with Crippen LogP contribution in [-0.4, -0.2) is 38.9 Å². The topological polar surface area (TPSA) is 91.5 Å². The average Bonchev–Trinajstić information content (AvgIpc) is 2.77. The molecule has 1 aliphatic rings. The third-order valence-corrected chi connectivity index (χ3v) is 8.57. The molecule has 1 atom stereocenters. The first kappa shape index (κ1) is 22.3. The van der Waals surface area contributed by atoms with E-state index in [2.05, 4.69) is 17.8 Å². The molecule has 6 nitrogen and oxygen atoms in total. The van der Waals surface area contributed by atoms with Gasteiger partial charge in [-0.3, -0.25) is 14.0 Å². The molecule has 2 heterocycles. The molecule has 2 N–H and O–H groups in total. The number of primary amides is 1. The SMILES string of the molecule is C=S(=O)(c1ccc(OCc2ccc(CCCC)nc2)cc1)C1(C(N)=O)CCOCC1. The Bertz CT molecular complexity index is 948. The summed E-state index contributed by atoms with van der Waals surface area (Å²) in [5.41, 5.74) is 7.73. The monoisotopic (exact) mass is 430 g/mol. The molecule has 1 aromatic heterocycles. The summed E-state index contributed by atoms with van der Waals surface area (Å²) in [5, 5.41) is 0. The lowest BCUT2D eigenvalue weighted by Crippen LogP contribution is -2.53. The van der Waals surface area contributed by atoms with Gasteiger partial charge in [0.2, 0.25) is 5.91 Å². The minimum atomic E-state index is -2.94. The van der Waals surface area contributed by atoms with Gasteiger partial charge in [0.1, 0.15) is 17.1 Å². The Morgan fingerprint density at radius 2 is 1.93 bits per heavy atom. The maximum Gasteiger partial charge on any atom is 0.236 e. The maximum atomic E-state index is 13.6. The quantitative estimate of drug-likeness (QED) is 0.617. The summed E-state index contributed by atoms with van der Waals surface area (Å²) in [6, 6.07) is 11.0. The van der Waals surface area contributed by atoms with E-state index >= 15 is 0 Å². The second-order valence-corrected chi connectivity index (χ2v) is 10.3. The molecule has 1 amide bonds. The maximum absolute atomic E-state index is 13.6. The van der Waals surface area contributed by atoms with E-state index in [-0.39, 0.29) is 0 Å². The molecule has 0 aliphatic carbocycles. The van der Waals surface area contributed by atoms with Crippen LogP contribution in [0.1, 0.15) is 43.9 Å². The zero-order chi connectivity index (χ0) is 21.6. The third-order valence-electron chi connectivity index (χ3n) is 5.66. The lowest BCUT2D eigenvalue weighted by atomic mass is 9.98. The number of aromatic nitrogens is 1. The van der Waals surface area contributed by atoms with Gasteiger partial charge in [0.05, 0.1) is 0 Å². The van der Waals surface area contributed by atoms with Crippen LogP contribution in [0.2, 0.25) is 0 Å². The summed E-state index contributed by atoms with van der Waals surface area (Å²) < 4.78 is 23.6. The van der Waals surface area contributed by atoms with Crippen molar-refractivity contribution in [3.63, 3.8) is 0 Å². The van der Waals surface area contributed by atoms with Crippen LogP contribution >= 0.6 is 0 Å². The summed E-state index contributed by atoms with van der Waals surface area (Å²) in [6.45, 7) is 3.25. The van der Waals surface area contributed by atoms with E-state index in [9.17, 15) is 9.00 Å². The summed E-state index contributed by atoms with van der Waals surface area (Å²) in [7, 11) is -2.94. The first-order valence-corrected chi connectivity index (χ1v) is 12.0. The number of nitrogens with two attached hydrogens (primary N) is 1. The minimum absolute atomic E-state index is 0.310. The van der Waals surface area contributed by atoms with E-state index in [1.807, 2.05) is 18.3 Å². The van der Waals surface area contributed by atoms with Crippen LogP contribution in [0.25, 0.3) is 0 Å². The summed E-state index contributed by atoms with van der Waals surface area (Å²) >= 11 is 0. The largest absolute Gasteiger partial charge is 0.489 e. The van der Waals surface area contributed by atoms with Crippen molar-refractivity contribution in [1.29, 1.82) is 0 Å². The van der Waals surface area contributed by atoms with E-state index in [1.165, 1.54) is 0 Å². The lowest BCUT2D eigenvalue weighted by molar-refractivity contribution is -0.122. The fourth-order valence-electron chi connectivity index (χ4n) is 3.63. The molecule has 0 saturated carbocycles. The number of hydrogen-bond donors (Lipinski definition) is 1. The number of aryl methyl sites for hydroxylation is 1. The van der Waals surface area contributed by atoms with Gasteiger partial charge in [-0.25, -0.2) is 0 Å². The number of pyridine rings is 1.